The van der Waals surface area contributed by atoms with Crippen LogP contribution >= 0.6 is 0 Å². The Hall–Kier alpha value is -2.51. The van der Waals surface area contributed by atoms with Crippen molar-refractivity contribution in [2.24, 2.45) is 0 Å². The number of ether oxygens (including phenoxy) is 1. The normalized spacial score (nSPS) is 16.4. The fourth-order valence-electron chi connectivity index (χ4n) is 4.06. The molecule has 0 radical (unpaired) electrons. The van der Waals surface area contributed by atoms with Crippen LogP contribution in [0.3, 0.4) is 0 Å². The Balaban J connectivity index is 1.59. The van der Waals surface area contributed by atoms with Crippen LogP contribution in [0.5, 0.6) is 5.75 Å². The van der Waals surface area contributed by atoms with Gasteiger partial charge in [-0.15, -0.1) is 0 Å². The lowest BCUT2D eigenvalue weighted by Crippen LogP contribution is -2.45. The van der Waals surface area contributed by atoms with E-state index in [1.165, 1.54) is 6.42 Å². The van der Waals surface area contributed by atoms with Crippen LogP contribution < -0.4 is 20.4 Å². The summed E-state index contributed by atoms with van der Waals surface area (Å²) in [4.78, 5) is 15.0. The van der Waals surface area contributed by atoms with Crippen molar-refractivity contribution in [1.82, 2.24) is 5.32 Å². The van der Waals surface area contributed by atoms with E-state index in [-0.39, 0.29) is 12.1 Å². The molecular weight excluding hydrogens is 367 g/mol. The Bertz CT molecular complexity index is 852. The Morgan fingerprint density at radius 3 is 2.69 bits per heavy atom. The smallest absolute Gasteiger partial charge is 0.491 e. The zero-order valence-electron chi connectivity index (χ0n) is 16.8. The van der Waals surface area contributed by atoms with Crippen LogP contribution in [0.25, 0.3) is 0 Å². The average Bonchev–Trinajstić information content (AvgIpc) is 3.13. The van der Waals surface area contributed by atoms with E-state index >= 15 is 0 Å². The molecule has 2 aromatic rings. The molecule has 2 N–H and O–H groups in total. The second kappa shape index (κ2) is 8.88. The van der Waals surface area contributed by atoms with Gasteiger partial charge in [-0.2, -0.15) is 0 Å². The molecular formula is C22H27BN2O4. The molecule has 2 aliphatic rings. The zero-order chi connectivity index (χ0) is 20.2. The first-order chi connectivity index (χ1) is 14.1. The Labute approximate surface area is 172 Å². The molecule has 6 nitrogen and oxygen atoms in total. The number of anilines is 1. The minimum absolute atomic E-state index is 0.110. The highest BCUT2D eigenvalue weighted by Gasteiger charge is 2.29. The molecule has 0 spiro atoms. The van der Waals surface area contributed by atoms with E-state index in [4.69, 9.17) is 9.39 Å². The van der Waals surface area contributed by atoms with Gasteiger partial charge in [0.05, 0.1) is 20.3 Å². The largest absolute Gasteiger partial charge is 0.497 e. The first kappa shape index (κ1) is 19.8. The molecule has 0 unspecified atom stereocenters. The van der Waals surface area contributed by atoms with Crippen molar-refractivity contribution < 1.29 is 19.2 Å². The molecule has 1 aliphatic carbocycles. The highest BCUT2D eigenvalue weighted by Crippen LogP contribution is 2.23. The molecule has 0 bridgehead atoms. The molecule has 0 saturated heterocycles. The predicted octanol–water partition coefficient (Wildman–Crippen LogP) is 2.96. The second-order valence-electron chi connectivity index (χ2n) is 7.77. The zero-order valence-corrected chi connectivity index (χ0v) is 16.8. The summed E-state index contributed by atoms with van der Waals surface area (Å²) in [6.07, 6.45) is 5.61. The lowest BCUT2D eigenvalue weighted by atomic mass is 9.79. The molecule has 1 fully saturated rings. The summed E-state index contributed by atoms with van der Waals surface area (Å²) in [5.74, 6) is 0.782. The van der Waals surface area contributed by atoms with Crippen LogP contribution in [-0.2, 0) is 17.8 Å². The molecule has 29 heavy (non-hydrogen) atoms. The lowest BCUT2D eigenvalue weighted by Gasteiger charge is -2.29. The van der Waals surface area contributed by atoms with E-state index in [1.54, 1.807) is 12.0 Å². The van der Waals surface area contributed by atoms with Gasteiger partial charge < -0.3 is 19.7 Å². The fraction of sp³-hybridized carbons (Fsp3) is 0.409. The monoisotopic (exact) mass is 394 g/mol. The Morgan fingerprint density at radius 1 is 1.21 bits per heavy atom. The number of carbonyl (C=O) groups is 1. The molecule has 1 aliphatic heterocycles. The molecule has 7 heteroatoms. The quantitative estimate of drug-likeness (QED) is 0.765. The molecule has 152 valence electrons. The van der Waals surface area contributed by atoms with E-state index in [1.807, 2.05) is 42.5 Å². The third-order valence-electron chi connectivity index (χ3n) is 5.78. The van der Waals surface area contributed by atoms with Crippen LogP contribution in [0.2, 0.25) is 0 Å². The van der Waals surface area contributed by atoms with E-state index in [9.17, 15) is 9.82 Å². The van der Waals surface area contributed by atoms with Gasteiger partial charge in [-0.25, -0.2) is 4.79 Å². The van der Waals surface area contributed by atoms with E-state index in [0.717, 1.165) is 53.7 Å². The van der Waals surface area contributed by atoms with Crippen molar-refractivity contribution in [2.75, 3.05) is 12.0 Å². The number of amides is 2. The standard InChI is InChI=1S/C22H27BN2O4/c1-28-20-11-7-16(8-12-20)14-25(22(26)24-18-5-3-2-4-6-18)19-10-9-17-15-29-23(27)21(17)13-19/h7-13,18,27H,2-6,14-15H2,1H3,(H,24,26). The Kier molecular flexibility index (Phi) is 6.06. The second-order valence-corrected chi connectivity index (χ2v) is 7.77. The molecule has 0 atom stereocenters. The molecule has 1 heterocycles. The van der Waals surface area contributed by atoms with Gasteiger partial charge in [0.15, 0.2) is 0 Å². The highest BCUT2D eigenvalue weighted by molar-refractivity contribution is 6.61. The third-order valence-corrected chi connectivity index (χ3v) is 5.78. The lowest BCUT2D eigenvalue weighted by molar-refractivity contribution is 0.238. The van der Waals surface area contributed by atoms with Gasteiger partial charge in [0, 0.05) is 11.7 Å². The summed E-state index contributed by atoms with van der Waals surface area (Å²) in [6.45, 7) is 0.821. The maximum Gasteiger partial charge on any atom is 0.491 e. The van der Waals surface area contributed by atoms with Gasteiger partial charge in [-0.1, -0.05) is 37.5 Å². The van der Waals surface area contributed by atoms with E-state index < -0.39 is 7.12 Å². The number of hydrogen-bond donors (Lipinski definition) is 2. The minimum atomic E-state index is -0.936. The summed E-state index contributed by atoms with van der Waals surface area (Å²) >= 11 is 0. The van der Waals surface area contributed by atoms with Gasteiger partial charge in [-0.3, -0.25) is 4.90 Å². The van der Waals surface area contributed by atoms with E-state index in [2.05, 4.69) is 5.32 Å². The predicted molar refractivity (Wildman–Crippen MR) is 113 cm³/mol. The molecule has 2 aromatic carbocycles. The summed E-state index contributed by atoms with van der Waals surface area (Å²) in [7, 11) is 0.700. The van der Waals surface area contributed by atoms with Crippen molar-refractivity contribution in [3.8, 4) is 5.75 Å². The van der Waals surface area contributed by atoms with Crippen LogP contribution in [0, 0.1) is 0 Å². The first-order valence-corrected chi connectivity index (χ1v) is 10.3. The maximum atomic E-state index is 13.2. The molecule has 2 amide bonds. The van der Waals surface area contributed by atoms with Gasteiger partial charge in [-0.05, 0) is 53.7 Å². The number of nitrogens with zero attached hydrogens (tertiary/aromatic N) is 1. The van der Waals surface area contributed by atoms with Crippen LogP contribution in [0.4, 0.5) is 10.5 Å². The Morgan fingerprint density at radius 2 is 1.97 bits per heavy atom. The average molecular weight is 394 g/mol. The van der Waals surface area contributed by atoms with Crippen molar-refractivity contribution in [2.45, 2.75) is 51.3 Å². The third kappa shape index (κ3) is 4.57. The number of urea groups is 1. The van der Waals surface area contributed by atoms with Gasteiger partial charge >= 0.3 is 13.1 Å². The minimum Gasteiger partial charge on any atom is -0.497 e. The SMILES string of the molecule is COc1ccc(CN(C(=O)NC2CCCCC2)c2ccc3c(c2)B(O)OC3)cc1. The number of benzene rings is 2. The molecule has 1 saturated carbocycles. The topological polar surface area (TPSA) is 71.0 Å². The highest BCUT2D eigenvalue weighted by atomic mass is 16.5. The van der Waals surface area contributed by atoms with Crippen LogP contribution in [-0.4, -0.2) is 31.3 Å². The number of fused-ring (bicyclic) bond motifs is 1. The van der Waals surface area contributed by atoms with Crippen LogP contribution in [0.1, 0.15) is 43.2 Å². The summed E-state index contributed by atoms with van der Waals surface area (Å²) in [5.41, 5.74) is 3.44. The number of carbonyl (C=O) groups excluding carboxylic acids is 1. The van der Waals surface area contributed by atoms with Crippen molar-refractivity contribution in [3.05, 3.63) is 53.6 Å². The molecule has 0 aromatic heterocycles. The van der Waals surface area contributed by atoms with Gasteiger partial charge in [0.2, 0.25) is 0 Å². The first-order valence-electron chi connectivity index (χ1n) is 10.3. The maximum absolute atomic E-state index is 13.2. The van der Waals surface area contributed by atoms with Crippen molar-refractivity contribution in [1.29, 1.82) is 0 Å². The van der Waals surface area contributed by atoms with Crippen LogP contribution in [0.15, 0.2) is 42.5 Å². The summed E-state index contributed by atoms with van der Waals surface area (Å²) < 4.78 is 10.5. The number of methoxy groups -OCH3 is 1. The number of hydrogen-bond acceptors (Lipinski definition) is 4. The van der Waals surface area contributed by atoms with E-state index in [0.29, 0.717) is 13.2 Å². The molecule has 4 rings (SSSR count). The fourth-order valence-corrected chi connectivity index (χ4v) is 4.06. The van der Waals surface area contributed by atoms with Crippen molar-refractivity contribution in [3.63, 3.8) is 0 Å². The summed E-state index contributed by atoms with van der Waals surface area (Å²) in [6, 6.07) is 13.5. The van der Waals surface area contributed by atoms with Gasteiger partial charge in [0.25, 0.3) is 0 Å². The summed E-state index contributed by atoms with van der Waals surface area (Å²) in [5, 5.41) is 13.3. The number of rotatable bonds is 5. The van der Waals surface area contributed by atoms with Crippen molar-refractivity contribution >= 4 is 24.3 Å². The number of nitrogens with one attached hydrogen (secondary N) is 1. The van der Waals surface area contributed by atoms with Gasteiger partial charge in [0.1, 0.15) is 5.75 Å².